The molecule has 3 aromatic carbocycles. The van der Waals surface area contributed by atoms with Gasteiger partial charge in [-0.2, -0.15) is 0 Å². The molecule has 2 aliphatic heterocycles. The minimum absolute atomic E-state index is 0.284. The largest absolute Gasteiger partial charge is 0.465 e. The van der Waals surface area contributed by atoms with Gasteiger partial charge in [0.1, 0.15) is 12.5 Å². The minimum Gasteiger partial charge on any atom is -0.465 e. The van der Waals surface area contributed by atoms with Crippen LogP contribution in [-0.2, 0) is 16.1 Å². The van der Waals surface area contributed by atoms with Gasteiger partial charge in [0.05, 0.1) is 29.6 Å². The number of ether oxygens (including phenoxy) is 3. The number of amides is 1. The lowest BCUT2D eigenvalue weighted by Crippen LogP contribution is -2.12. The van der Waals surface area contributed by atoms with E-state index in [2.05, 4.69) is 22.9 Å². The van der Waals surface area contributed by atoms with Gasteiger partial charge >= 0.3 is 5.97 Å². The van der Waals surface area contributed by atoms with Gasteiger partial charge < -0.3 is 30.2 Å². The van der Waals surface area contributed by atoms with Crippen molar-refractivity contribution in [3.63, 3.8) is 0 Å². The molecule has 0 aromatic heterocycles. The molecule has 36 heavy (non-hydrogen) atoms. The summed E-state index contributed by atoms with van der Waals surface area (Å²) in [7, 11) is 1.32. The summed E-state index contributed by atoms with van der Waals surface area (Å²) in [6, 6.07) is 18.5. The molecule has 0 aliphatic carbocycles. The van der Waals surface area contributed by atoms with E-state index < -0.39 is 5.97 Å². The third-order valence-corrected chi connectivity index (χ3v) is 5.92. The van der Waals surface area contributed by atoms with Gasteiger partial charge in [-0.05, 0) is 54.6 Å². The molecule has 0 unspecified atom stereocenters. The minimum atomic E-state index is -0.472. The third-order valence-electron chi connectivity index (χ3n) is 5.92. The lowest BCUT2D eigenvalue weighted by Gasteiger charge is -2.18. The zero-order valence-electron chi connectivity index (χ0n) is 19.9. The second-order valence-corrected chi connectivity index (χ2v) is 8.23. The summed E-state index contributed by atoms with van der Waals surface area (Å²) in [5, 5.41) is 9.63. The Balaban J connectivity index is 1.60. The Morgan fingerprint density at radius 1 is 0.944 bits per heavy atom. The van der Waals surface area contributed by atoms with Crippen molar-refractivity contribution < 1.29 is 23.8 Å². The number of carbonyl (C=O) groups is 2. The van der Waals surface area contributed by atoms with Gasteiger partial charge in [0, 0.05) is 23.4 Å². The maximum absolute atomic E-state index is 13.2. The van der Waals surface area contributed by atoms with Gasteiger partial charge in [0.25, 0.3) is 5.91 Å². The maximum atomic E-state index is 13.2. The molecule has 2 heterocycles. The van der Waals surface area contributed by atoms with Crippen LogP contribution in [0, 0.1) is 0 Å². The maximum Gasteiger partial charge on any atom is 0.337 e. The first-order chi connectivity index (χ1) is 17.6. The summed E-state index contributed by atoms with van der Waals surface area (Å²) in [4.78, 5) is 25.3. The van der Waals surface area contributed by atoms with Crippen LogP contribution >= 0.6 is 0 Å². The standard InChI is InChI=1S/C28H25N3O5/c1-3-29-16-17-4-8-20(9-5-17)30-26(18-7-11-23-24(15-18)36-13-12-35-23)25-21-10-6-19(28(33)34-2)14-22(21)31-27(25)32/h4-15,29-30H,3,16H2,1-2H3,(H,31,32)/b26-25-. The van der Waals surface area contributed by atoms with Crippen molar-refractivity contribution in [1.29, 1.82) is 0 Å². The molecular weight excluding hydrogens is 458 g/mol. The summed E-state index contributed by atoms with van der Waals surface area (Å²) >= 11 is 0. The first kappa shape index (κ1) is 23.2. The Hall–Kier alpha value is -4.56. The average molecular weight is 484 g/mol. The second-order valence-electron chi connectivity index (χ2n) is 8.23. The Bertz CT molecular complexity index is 1390. The van der Waals surface area contributed by atoms with Gasteiger partial charge in [0.2, 0.25) is 0 Å². The summed E-state index contributed by atoms with van der Waals surface area (Å²) in [5.41, 5.74) is 5.33. The predicted molar refractivity (Wildman–Crippen MR) is 138 cm³/mol. The van der Waals surface area contributed by atoms with E-state index >= 15 is 0 Å². The SMILES string of the molecule is CCNCc1ccc(N/C(=C2\C(=O)Nc3cc(C(=O)OC)ccc32)c2ccc3c(c2)OC=CO3)cc1. The first-order valence-corrected chi connectivity index (χ1v) is 11.5. The fourth-order valence-electron chi connectivity index (χ4n) is 4.12. The highest BCUT2D eigenvalue weighted by atomic mass is 16.5. The van der Waals surface area contributed by atoms with Gasteiger partial charge in [-0.25, -0.2) is 4.79 Å². The molecule has 1 amide bonds. The molecule has 5 rings (SSSR count). The van der Waals surface area contributed by atoms with Crippen molar-refractivity contribution in [1.82, 2.24) is 5.32 Å². The van der Waals surface area contributed by atoms with Crippen molar-refractivity contribution in [3.8, 4) is 11.5 Å². The van der Waals surface area contributed by atoms with E-state index in [1.807, 2.05) is 36.4 Å². The molecule has 8 heteroatoms. The molecule has 0 fully saturated rings. The highest BCUT2D eigenvalue weighted by molar-refractivity contribution is 6.37. The number of hydrogen-bond donors (Lipinski definition) is 3. The van der Waals surface area contributed by atoms with Crippen LogP contribution in [0.25, 0.3) is 11.3 Å². The van der Waals surface area contributed by atoms with Gasteiger partial charge in [0.15, 0.2) is 11.5 Å². The molecule has 3 N–H and O–H groups in total. The molecule has 0 radical (unpaired) electrons. The molecule has 3 aromatic rings. The van der Waals surface area contributed by atoms with Crippen molar-refractivity contribution in [3.05, 3.63) is 95.4 Å². The molecule has 0 bridgehead atoms. The highest BCUT2D eigenvalue weighted by Gasteiger charge is 2.30. The lowest BCUT2D eigenvalue weighted by molar-refractivity contribution is -0.110. The van der Waals surface area contributed by atoms with Crippen LogP contribution in [0.1, 0.15) is 34.0 Å². The van der Waals surface area contributed by atoms with Crippen LogP contribution in [0.5, 0.6) is 11.5 Å². The zero-order chi connectivity index (χ0) is 25.1. The number of carbonyl (C=O) groups excluding carboxylic acids is 2. The zero-order valence-corrected chi connectivity index (χ0v) is 19.9. The number of hydrogen-bond acceptors (Lipinski definition) is 7. The number of methoxy groups -OCH3 is 1. The van der Waals surface area contributed by atoms with Crippen LogP contribution < -0.4 is 25.4 Å². The number of fused-ring (bicyclic) bond motifs is 2. The third kappa shape index (κ3) is 4.54. The van der Waals surface area contributed by atoms with E-state index in [9.17, 15) is 9.59 Å². The van der Waals surface area contributed by atoms with Crippen LogP contribution in [-0.4, -0.2) is 25.5 Å². The Morgan fingerprint density at radius 2 is 1.69 bits per heavy atom. The monoisotopic (exact) mass is 483 g/mol. The number of benzene rings is 3. The Morgan fingerprint density at radius 3 is 2.44 bits per heavy atom. The summed E-state index contributed by atoms with van der Waals surface area (Å²) in [5.74, 6) is 0.362. The van der Waals surface area contributed by atoms with E-state index in [1.54, 1.807) is 24.3 Å². The van der Waals surface area contributed by atoms with E-state index in [0.29, 0.717) is 39.6 Å². The normalized spacial score (nSPS) is 14.7. The fraction of sp³-hybridized carbons (Fsp3) is 0.143. The first-order valence-electron chi connectivity index (χ1n) is 11.5. The number of esters is 1. The molecule has 182 valence electrons. The molecule has 2 aliphatic rings. The summed E-state index contributed by atoms with van der Waals surface area (Å²) < 4.78 is 15.9. The molecule has 0 spiro atoms. The number of rotatable bonds is 7. The van der Waals surface area contributed by atoms with Crippen molar-refractivity contribution in [2.75, 3.05) is 24.3 Å². The van der Waals surface area contributed by atoms with Crippen molar-refractivity contribution in [2.24, 2.45) is 0 Å². The number of nitrogens with one attached hydrogen (secondary N) is 3. The Labute approximate surface area is 208 Å². The topological polar surface area (TPSA) is 97.9 Å². The van der Waals surface area contributed by atoms with E-state index in [4.69, 9.17) is 14.2 Å². The molecule has 0 saturated heterocycles. The quantitative estimate of drug-likeness (QED) is 0.329. The average Bonchev–Trinajstić information content (AvgIpc) is 3.25. The van der Waals surface area contributed by atoms with Crippen molar-refractivity contribution in [2.45, 2.75) is 13.5 Å². The van der Waals surface area contributed by atoms with Gasteiger partial charge in [-0.15, -0.1) is 0 Å². The van der Waals surface area contributed by atoms with Crippen LogP contribution in [0.15, 0.2) is 73.2 Å². The van der Waals surface area contributed by atoms with Crippen LogP contribution in [0.4, 0.5) is 11.4 Å². The molecule has 0 saturated carbocycles. The summed E-state index contributed by atoms with van der Waals surface area (Å²) in [6.45, 7) is 3.73. The van der Waals surface area contributed by atoms with Crippen LogP contribution in [0.2, 0.25) is 0 Å². The smallest absolute Gasteiger partial charge is 0.337 e. The molecular formula is C28H25N3O5. The number of anilines is 2. The van der Waals surface area contributed by atoms with E-state index in [-0.39, 0.29) is 5.91 Å². The van der Waals surface area contributed by atoms with E-state index in [0.717, 1.165) is 29.9 Å². The fourth-order valence-corrected chi connectivity index (χ4v) is 4.12. The molecule has 8 nitrogen and oxygen atoms in total. The highest BCUT2D eigenvalue weighted by Crippen LogP contribution is 2.40. The second kappa shape index (κ2) is 9.97. The van der Waals surface area contributed by atoms with Crippen LogP contribution in [0.3, 0.4) is 0 Å². The van der Waals surface area contributed by atoms with Crippen molar-refractivity contribution >= 4 is 34.5 Å². The Kier molecular flexibility index (Phi) is 6.42. The summed E-state index contributed by atoms with van der Waals surface area (Å²) in [6.07, 6.45) is 2.93. The molecule has 0 atom stereocenters. The lowest BCUT2D eigenvalue weighted by atomic mass is 9.98. The van der Waals surface area contributed by atoms with Gasteiger partial charge in [-0.1, -0.05) is 25.1 Å². The van der Waals surface area contributed by atoms with E-state index in [1.165, 1.54) is 19.6 Å². The van der Waals surface area contributed by atoms with Gasteiger partial charge in [-0.3, -0.25) is 4.79 Å². The predicted octanol–water partition coefficient (Wildman–Crippen LogP) is 4.76.